The molecule has 0 spiro atoms. The molecular weight excluding hydrogens is 372 g/mol. The van der Waals surface area contributed by atoms with Gasteiger partial charge in [-0.25, -0.2) is 5.43 Å². The van der Waals surface area contributed by atoms with E-state index in [0.717, 1.165) is 10.1 Å². The van der Waals surface area contributed by atoms with Crippen molar-refractivity contribution in [3.63, 3.8) is 0 Å². The van der Waals surface area contributed by atoms with Crippen LogP contribution in [0.2, 0.25) is 5.02 Å². The van der Waals surface area contributed by atoms with Gasteiger partial charge >= 0.3 is 0 Å². The number of nitrogens with zero attached hydrogens (tertiary/aromatic N) is 1. The third-order valence-corrected chi connectivity index (χ3v) is 5.49. The summed E-state index contributed by atoms with van der Waals surface area (Å²) in [6.45, 7) is 0. The molecule has 0 radical (unpaired) electrons. The van der Waals surface area contributed by atoms with E-state index < -0.39 is 5.91 Å². The Bertz CT molecular complexity index is 1230. The zero-order valence-corrected chi connectivity index (χ0v) is 14.8. The van der Waals surface area contributed by atoms with E-state index in [4.69, 9.17) is 16.0 Å². The molecule has 0 aliphatic carbocycles. The molecule has 0 saturated heterocycles. The highest BCUT2D eigenvalue weighted by Gasteiger charge is 2.16. The number of thiophene rings is 1. The van der Waals surface area contributed by atoms with Gasteiger partial charge in [-0.3, -0.25) is 9.59 Å². The van der Waals surface area contributed by atoms with Crippen LogP contribution >= 0.6 is 22.9 Å². The van der Waals surface area contributed by atoms with E-state index in [1.807, 2.05) is 24.3 Å². The molecule has 128 valence electrons. The molecule has 2 aromatic heterocycles. The molecule has 4 aromatic rings. The Hall–Kier alpha value is -2.96. The van der Waals surface area contributed by atoms with Crippen LogP contribution in [0.25, 0.3) is 21.1 Å². The topological polar surface area (TPSA) is 71.7 Å². The minimum Gasteiger partial charge on any atom is -0.463 e. The summed E-state index contributed by atoms with van der Waals surface area (Å²) < 4.78 is 6.32. The standard InChI is InChI=1S/C19H11ClN2O3S/c20-16-13-6-2-4-8-15(13)26-18(16)19(24)22-21-9-11-10-25-14-7-3-1-5-12(14)17(11)23/h1-10H,(H,22,24)/b21-9+. The van der Waals surface area contributed by atoms with Crippen molar-refractivity contribution in [3.8, 4) is 0 Å². The summed E-state index contributed by atoms with van der Waals surface area (Å²) in [5, 5.41) is 5.53. The molecule has 0 aliphatic heterocycles. The lowest BCUT2D eigenvalue weighted by atomic mass is 10.2. The number of hydrogen-bond donors (Lipinski definition) is 1. The largest absolute Gasteiger partial charge is 0.463 e. The molecule has 0 bridgehead atoms. The lowest BCUT2D eigenvalue weighted by Gasteiger charge is -1.99. The van der Waals surface area contributed by atoms with Crippen LogP contribution in [0.1, 0.15) is 15.2 Å². The van der Waals surface area contributed by atoms with Gasteiger partial charge in [0.05, 0.1) is 22.2 Å². The Morgan fingerprint density at radius 3 is 2.65 bits per heavy atom. The van der Waals surface area contributed by atoms with Gasteiger partial charge in [0.25, 0.3) is 5.91 Å². The molecule has 7 heteroatoms. The van der Waals surface area contributed by atoms with Crippen LogP contribution in [-0.2, 0) is 0 Å². The van der Waals surface area contributed by atoms with E-state index in [1.165, 1.54) is 23.8 Å². The molecule has 0 unspecified atom stereocenters. The number of amides is 1. The van der Waals surface area contributed by atoms with Crippen molar-refractivity contribution < 1.29 is 9.21 Å². The van der Waals surface area contributed by atoms with E-state index in [9.17, 15) is 9.59 Å². The first-order chi connectivity index (χ1) is 12.6. The number of rotatable bonds is 3. The Morgan fingerprint density at radius 2 is 1.85 bits per heavy atom. The van der Waals surface area contributed by atoms with Crippen molar-refractivity contribution in [2.24, 2.45) is 5.10 Å². The van der Waals surface area contributed by atoms with Gasteiger partial charge in [0, 0.05) is 10.1 Å². The number of benzene rings is 2. The van der Waals surface area contributed by atoms with Crippen molar-refractivity contribution >= 4 is 56.1 Å². The van der Waals surface area contributed by atoms with Gasteiger partial charge in [-0.1, -0.05) is 41.9 Å². The summed E-state index contributed by atoms with van der Waals surface area (Å²) in [5.41, 5.74) is 2.92. The lowest BCUT2D eigenvalue weighted by Crippen LogP contribution is -2.17. The molecule has 0 aliphatic rings. The number of hydrogen-bond acceptors (Lipinski definition) is 5. The average molecular weight is 383 g/mol. The minimum absolute atomic E-state index is 0.218. The molecule has 1 amide bonds. The third-order valence-electron chi connectivity index (χ3n) is 3.82. The maximum atomic E-state index is 12.4. The Kier molecular flexibility index (Phi) is 4.28. The Balaban J connectivity index is 1.58. The van der Waals surface area contributed by atoms with E-state index in [0.29, 0.717) is 20.9 Å². The number of hydrazone groups is 1. The highest BCUT2D eigenvalue weighted by Crippen LogP contribution is 2.34. The van der Waals surface area contributed by atoms with Crippen LogP contribution < -0.4 is 10.9 Å². The summed E-state index contributed by atoms with van der Waals surface area (Å²) in [6.07, 6.45) is 2.57. The second kappa shape index (κ2) is 6.74. The third kappa shape index (κ3) is 2.89. The highest BCUT2D eigenvalue weighted by atomic mass is 35.5. The zero-order chi connectivity index (χ0) is 18.1. The molecule has 26 heavy (non-hydrogen) atoms. The van der Waals surface area contributed by atoms with E-state index >= 15 is 0 Å². The van der Waals surface area contributed by atoms with Crippen molar-refractivity contribution in [2.75, 3.05) is 0 Å². The highest BCUT2D eigenvalue weighted by molar-refractivity contribution is 7.21. The monoisotopic (exact) mass is 382 g/mol. The Labute approximate surface area is 156 Å². The molecule has 0 fully saturated rings. The van der Waals surface area contributed by atoms with Gasteiger partial charge in [-0.2, -0.15) is 5.10 Å². The van der Waals surface area contributed by atoms with Crippen molar-refractivity contribution in [3.05, 3.63) is 80.5 Å². The quantitative estimate of drug-likeness (QED) is 0.421. The van der Waals surface area contributed by atoms with Gasteiger partial charge in [-0.15, -0.1) is 11.3 Å². The predicted octanol–water partition coefficient (Wildman–Crippen LogP) is 4.43. The fourth-order valence-electron chi connectivity index (χ4n) is 2.55. The van der Waals surface area contributed by atoms with Crippen molar-refractivity contribution in [1.82, 2.24) is 5.43 Å². The lowest BCUT2D eigenvalue weighted by molar-refractivity contribution is 0.0959. The molecule has 5 nitrogen and oxygen atoms in total. The van der Waals surface area contributed by atoms with E-state index in [-0.39, 0.29) is 11.0 Å². The van der Waals surface area contributed by atoms with Crippen molar-refractivity contribution in [1.29, 1.82) is 0 Å². The number of carbonyl (C=O) groups excluding carboxylic acids is 1. The van der Waals surface area contributed by atoms with Crippen LogP contribution in [0.15, 0.2) is 69.1 Å². The summed E-state index contributed by atoms with van der Waals surface area (Å²) in [5.74, 6) is -0.433. The normalized spacial score (nSPS) is 11.4. The molecule has 2 aromatic carbocycles. The van der Waals surface area contributed by atoms with Gasteiger partial charge in [0.2, 0.25) is 5.43 Å². The number of carbonyl (C=O) groups is 1. The van der Waals surface area contributed by atoms with Crippen molar-refractivity contribution in [2.45, 2.75) is 0 Å². The number of para-hydroxylation sites is 1. The molecule has 0 saturated carbocycles. The molecular formula is C19H11ClN2O3S. The summed E-state index contributed by atoms with van der Waals surface area (Å²) >= 11 is 7.56. The van der Waals surface area contributed by atoms with E-state index in [2.05, 4.69) is 10.5 Å². The SMILES string of the molecule is O=C(N/N=C/c1coc2ccccc2c1=O)c1sc2ccccc2c1Cl. The van der Waals surface area contributed by atoms with Gasteiger partial charge in [-0.05, 0) is 18.2 Å². The minimum atomic E-state index is -0.433. The summed E-state index contributed by atoms with van der Waals surface area (Å²) in [4.78, 5) is 25.1. The maximum absolute atomic E-state index is 12.4. The predicted molar refractivity (Wildman–Crippen MR) is 104 cm³/mol. The fraction of sp³-hybridized carbons (Fsp3) is 0. The summed E-state index contributed by atoms with van der Waals surface area (Å²) in [7, 11) is 0. The second-order valence-corrected chi connectivity index (χ2v) is 6.89. The van der Waals surface area contributed by atoms with E-state index in [1.54, 1.807) is 24.3 Å². The Morgan fingerprint density at radius 1 is 1.12 bits per heavy atom. The van der Waals surface area contributed by atoms with Crippen LogP contribution in [0.4, 0.5) is 0 Å². The first kappa shape index (κ1) is 16.5. The maximum Gasteiger partial charge on any atom is 0.283 e. The summed E-state index contributed by atoms with van der Waals surface area (Å²) in [6, 6.07) is 14.4. The molecule has 2 heterocycles. The first-order valence-corrected chi connectivity index (χ1v) is 8.85. The smallest absolute Gasteiger partial charge is 0.283 e. The van der Waals surface area contributed by atoms with Crippen LogP contribution in [-0.4, -0.2) is 12.1 Å². The van der Waals surface area contributed by atoms with Gasteiger partial charge in [0.15, 0.2) is 0 Å². The van der Waals surface area contributed by atoms with Crippen LogP contribution in [0.3, 0.4) is 0 Å². The van der Waals surface area contributed by atoms with Gasteiger partial charge in [0.1, 0.15) is 16.7 Å². The number of halogens is 1. The number of nitrogens with one attached hydrogen (secondary N) is 1. The molecule has 1 N–H and O–H groups in total. The zero-order valence-electron chi connectivity index (χ0n) is 13.2. The van der Waals surface area contributed by atoms with Gasteiger partial charge < -0.3 is 4.42 Å². The van der Waals surface area contributed by atoms with Crippen LogP contribution in [0, 0.1) is 0 Å². The fourth-order valence-corrected chi connectivity index (χ4v) is 3.96. The molecule has 4 rings (SSSR count). The molecule has 0 atom stereocenters. The second-order valence-electron chi connectivity index (χ2n) is 5.46. The van der Waals surface area contributed by atoms with Crippen LogP contribution in [0.5, 0.6) is 0 Å². The average Bonchev–Trinajstić information content (AvgIpc) is 3.01. The number of fused-ring (bicyclic) bond motifs is 2. The first-order valence-electron chi connectivity index (χ1n) is 7.66.